The molecule has 0 amide bonds. The maximum atomic E-state index is 14.6. The van der Waals surface area contributed by atoms with Gasteiger partial charge in [0, 0.05) is 21.4 Å². The summed E-state index contributed by atoms with van der Waals surface area (Å²) in [5, 5.41) is -1.14. The molecule has 0 saturated heterocycles. The van der Waals surface area contributed by atoms with Crippen molar-refractivity contribution in [3.8, 4) is 11.5 Å². The minimum atomic E-state index is -4.00. The van der Waals surface area contributed by atoms with Crippen molar-refractivity contribution >= 4 is 56.6 Å². The smallest absolute Gasteiger partial charge is 0.171 e. The van der Waals surface area contributed by atoms with E-state index in [1.165, 1.54) is 0 Å². The number of ether oxygens (including phenoxy) is 2. The molecule has 4 aromatic rings. The van der Waals surface area contributed by atoms with Crippen LogP contribution in [-0.4, -0.2) is 22.6 Å². The van der Waals surface area contributed by atoms with Crippen LogP contribution in [0.1, 0.15) is 32.8 Å². The number of methoxy groups -OCH3 is 2. The van der Waals surface area contributed by atoms with Gasteiger partial charge in [0.1, 0.15) is 22.0 Å². The lowest BCUT2D eigenvalue weighted by Gasteiger charge is -2.22. The van der Waals surface area contributed by atoms with Crippen molar-refractivity contribution in [1.82, 2.24) is 0 Å². The first-order valence-corrected chi connectivity index (χ1v) is 15.0. The number of hydrogen-bond donors (Lipinski definition) is 2. The summed E-state index contributed by atoms with van der Waals surface area (Å²) < 4.78 is 39.8. The summed E-state index contributed by atoms with van der Waals surface area (Å²) in [5.74, 6) is 1.21. The zero-order chi connectivity index (χ0) is 29.6. The lowest BCUT2D eigenvalue weighted by molar-refractivity contribution is 0.414. The van der Waals surface area contributed by atoms with Gasteiger partial charge in [-0.3, -0.25) is 0 Å². The van der Waals surface area contributed by atoms with Gasteiger partial charge >= 0.3 is 0 Å². The van der Waals surface area contributed by atoms with Gasteiger partial charge in [0.15, 0.2) is 9.84 Å². The third kappa shape index (κ3) is 7.24. The van der Waals surface area contributed by atoms with E-state index >= 15 is 0 Å². The maximum absolute atomic E-state index is 14.6. The molecule has 9 heteroatoms. The van der Waals surface area contributed by atoms with E-state index in [-0.39, 0.29) is 0 Å². The molecule has 0 heterocycles. The van der Waals surface area contributed by atoms with E-state index in [4.69, 9.17) is 44.1 Å². The molecule has 0 fully saturated rings. The zero-order valence-electron chi connectivity index (χ0n) is 22.5. The molecule has 0 aliphatic carbocycles. The van der Waals surface area contributed by atoms with Gasteiger partial charge in [0.05, 0.1) is 14.2 Å². The van der Waals surface area contributed by atoms with Gasteiger partial charge in [0.2, 0.25) is 0 Å². The SMILES string of the molecule is COc1ccc(C(/C=C/c2cc(Cl)ccc2N)S(=O)(=O)C(/C=C/c2cc(Cl)ccc2N)c2ccc(OC)cc2)cc1. The van der Waals surface area contributed by atoms with Gasteiger partial charge in [-0.25, -0.2) is 8.42 Å². The van der Waals surface area contributed by atoms with Crippen molar-refractivity contribution in [1.29, 1.82) is 0 Å². The highest BCUT2D eigenvalue weighted by molar-refractivity contribution is 7.92. The Labute approximate surface area is 250 Å². The van der Waals surface area contributed by atoms with E-state index in [9.17, 15) is 8.42 Å². The number of nitrogen functional groups attached to an aromatic ring is 2. The topological polar surface area (TPSA) is 105 Å². The zero-order valence-corrected chi connectivity index (χ0v) is 24.8. The molecule has 41 heavy (non-hydrogen) atoms. The molecular weight excluding hydrogens is 579 g/mol. The Hall–Kier alpha value is -3.91. The predicted octanol–water partition coefficient (Wildman–Crippen LogP) is 7.80. The molecule has 4 rings (SSSR count). The standard InChI is InChI=1S/C32H30Cl2N2O4S/c1-39-27-11-3-21(4-12-27)31(17-7-23-19-25(33)9-15-29(23)35)41(37,38)32(22-5-13-28(40-2)14-6-22)18-8-24-20-26(34)10-16-30(24)36/h3-20,31-32H,35-36H2,1-2H3/b17-7+,18-8+. The average Bonchev–Trinajstić information content (AvgIpc) is 2.97. The molecule has 4 aromatic carbocycles. The highest BCUT2D eigenvalue weighted by atomic mass is 35.5. The molecule has 0 spiro atoms. The average molecular weight is 610 g/mol. The Morgan fingerprint density at radius 2 is 1.00 bits per heavy atom. The number of halogens is 2. The first-order valence-electron chi connectivity index (χ1n) is 12.6. The van der Waals surface area contributed by atoms with Crippen LogP contribution in [0.4, 0.5) is 11.4 Å². The van der Waals surface area contributed by atoms with E-state index in [0.29, 0.717) is 55.2 Å². The molecule has 0 aliphatic rings. The van der Waals surface area contributed by atoms with E-state index in [2.05, 4.69) is 0 Å². The first-order chi connectivity index (χ1) is 19.6. The largest absolute Gasteiger partial charge is 0.497 e. The molecule has 2 atom stereocenters. The highest BCUT2D eigenvalue weighted by Gasteiger charge is 2.33. The van der Waals surface area contributed by atoms with Gasteiger partial charge in [-0.2, -0.15) is 0 Å². The second-order valence-electron chi connectivity index (χ2n) is 9.24. The summed E-state index contributed by atoms with van der Waals surface area (Å²) >= 11 is 12.4. The van der Waals surface area contributed by atoms with Crippen molar-refractivity contribution in [2.24, 2.45) is 0 Å². The second kappa shape index (κ2) is 13.2. The molecule has 0 aromatic heterocycles. The van der Waals surface area contributed by atoms with Crippen LogP contribution in [0.25, 0.3) is 12.2 Å². The second-order valence-corrected chi connectivity index (χ2v) is 12.3. The molecule has 2 unspecified atom stereocenters. The monoisotopic (exact) mass is 608 g/mol. The van der Waals surface area contributed by atoms with Gasteiger partial charge in [-0.05, 0) is 82.9 Å². The van der Waals surface area contributed by atoms with Crippen molar-refractivity contribution in [3.05, 3.63) is 129 Å². The molecule has 6 nitrogen and oxygen atoms in total. The Balaban J connectivity index is 1.87. The van der Waals surface area contributed by atoms with Crippen LogP contribution < -0.4 is 20.9 Å². The van der Waals surface area contributed by atoms with Gasteiger partial charge in [-0.15, -0.1) is 0 Å². The minimum absolute atomic E-state index is 0.472. The normalized spacial score (nSPS) is 13.4. The number of hydrogen-bond acceptors (Lipinski definition) is 6. The number of anilines is 2. The fourth-order valence-corrected chi connectivity index (χ4v) is 6.67. The van der Waals surface area contributed by atoms with Crippen LogP contribution in [0.3, 0.4) is 0 Å². The van der Waals surface area contributed by atoms with Crippen LogP contribution in [0.15, 0.2) is 97.1 Å². The molecule has 0 bridgehead atoms. The lowest BCUT2D eigenvalue weighted by Crippen LogP contribution is -2.19. The number of rotatable bonds is 10. The summed E-state index contributed by atoms with van der Waals surface area (Å²) in [7, 11) is -0.892. The van der Waals surface area contributed by atoms with Crippen molar-refractivity contribution in [2.75, 3.05) is 25.7 Å². The minimum Gasteiger partial charge on any atom is -0.497 e. The Morgan fingerprint density at radius 1 is 0.634 bits per heavy atom. The molecular formula is C32H30Cl2N2O4S. The van der Waals surface area contributed by atoms with E-state index in [0.717, 1.165) is 0 Å². The third-order valence-corrected chi connectivity index (χ3v) is 9.34. The van der Waals surface area contributed by atoms with Crippen LogP contribution in [0.2, 0.25) is 10.0 Å². The third-order valence-electron chi connectivity index (χ3n) is 6.60. The van der Waals surface area contributed by atoms with E-state index < -0.39 is 20.3 Å². The number of nitrogens with two attached hydrogens (primary N) is 2. The molecule has 0 radical (unpaired) electrons. The molecule has 4 N–H and O–H groups in total. The van der Waals surface area contributed by atoms with E-state index in [1.54, 1.807) is 123 Å². The van der Waals surface area contributed by atoms with E-state index in [1.807, 2.05) is 0 Å². The van der Waals surface area contributed by atoms with Crippen LogP contribution >= 0.6 is 23.2 Å². The summed E-state index contributed by atoms with van der Waals surface area (Å²) in [4.78, 5) is 0. The van der Waals surface area contributed by atoms with Crippen LogP contribution in [0, 0.1) is 0 Å². The number of sulfone groups is 1. The Morgan fingerprint density at radius 3 is 1.34 bits per heavy atom. The molecule has 0 aliphatic heterocycles. The van der Waals surface area contributed by atoms with Crippen LogP contribution in [0.5, 0.6) is 11.5 Å². The quantitative estimate of drug-likeness (QED) is 0.178. The summed E-state index contributed by atoms with van der Waals surface area (Å²) in [5.41, 5.74) is 15.6. The fourth-order valence-electron chi connectivity index (χ4n) is 4.33. The summed E-state index contributed by atoms with van der Waals surface area (Å²) in [6.07, 6.45) is 6.60. The van der Waals surface area contributed by atoms with Gasteiger partial charge in [-0.1, -0.05) is 71.8 Å². The molecule has 0 saturated carbocycles. The number of benzene rings is 4. The maximum Gasteiger partial charge on any atom is 0.171 e. The van der Waals surface area contributed by atoms with Crippen molar-refractivity contribution in [3.63, 3.8) is 0 Å². The Kier molecular flexibility index (Phi) is 9.65. The van der Waals surface area contributed by atoms with Crippen molar-refractivity contribution < 1.29 is 17.9 Å². The fraction of sp³-hybridized carbons (Fsp3) is 0.125. The Bertz CT molecular complexity index is 1550. The summed E-state index contributed by atoms with van der Waals surface area (Å²) in [6, 6.07) is 23.9. The highest BCUT2D eigenvalue weighted by Crippen LogP contribution is 2.39. The first kappa shape index (κ1) is 30.1. The summed E-state index contributed by atoms with van der Waals surface area (Å²) in [6.45, 7) is 0. The van der Waals surface area contributed by atoms with Crippen LogP contribution in [-0.2, 0) is 9.84 Å². The van der Waals surface area contributed by atoms with Crippen molar-refractivity contribution in [2.45, 2.75) is 10.5 Å². The van der Waals surface area contributed by atoms with Gasteiger partial charge in [0.25, 0.3) is 0 Å². The van der Waals surface area contributed by atoms with Gasteiger partial charge < -0.3 is 20.9 Å². The predicted molar refractivity (Wildman–Crippen MR) is 170 cm³/mol. The molecule has 212 valence electrons. The lowest BCUT2D eigenvalue weighted by atomic mass is 10.1.